The Morgan fingerprint density at radius 1 is 1.33 bits per heavy atom. The lowest BCUT2D eigenvalue weighted by Gasteiger charge is -2.29. The van der Waals surface area contributed by atoms with Gasteiger partial charge in [-0.15, -0.1) is 0 Å². The summed E-state index contributed by atoms with van der Waals surface area (Å²) in [5.41, 5.74) is 1.05. The first kappa shape index (κ1) is 11.1. The van der Waals surface area contributed by atoms with Gasteiger partial charge >= 0.3 is 0 Å². The minimum absolute atomic E-state index is 0.230. The van der Waals surface area contributed by atoms with Gasteiger partial charge in [-0.25, -0.2) is 0 Å². The molecule has 2 rings (SSSR count). The fourth-order valence-electron chi connectivity index (χ4n) is 1.52. The summed E-state index contributed by atoms with van der Waals surface area (Å²) < 4.78 is 12.3. The third-order valence-corrected chi connectivity index (χ3v) is 2.92. The average Bonchev–Trinajstić information content (AvgIpc) is 2.29. The van der Waals surface area contributed by atoms with Gasteiger partial charge in [0.15, 0.2) is 6.29 Å². The molecule has 0 aliphatic carbocycles. The van der Waals surface area contributed by atoms with Crippen molar-refractivity contribution < 1.29 is 9.47 Å². The molecule has 1 aliphatic heterocycles. The van der Waals surface area contributed by atoms with Gasteiger partial charge in [-0.3, -0.25) is 0 Å². The molecule has 0 bridgehead atoms. The maximum atomic E-state index is 5.62. The molecular formula is C11H14BrNO2. The van der Waals surface area contributed by atoms with Crippen LogP contribution >= 0.6 is 15.9 Å². The first-order valence-electron chi connectivity index (χ1n) is 4.95. The predicted octanol–water partition coefficient (Wildman–Crippen LogP) is 2.08. The molecule has 0 spiro atoms. The highest BCUT2D eigenvalue weighted by Crippen LogP contribution is 2.25. The van der Waals surface area contributed by atoms with E-state index < -0.39 is 0 Å². The highest BCUT2D eigenvalue weighted by molar-refractivity contribution is 9.10. The second-order valence-electron chi connectivity index (χ2n) is 3.54. The monoisotopic (exact) mass is 271 g/mol. The fraction of sp³-hybridized carbons (Fsp3) is 0.455. The number of hydrogen-bond donors (Lipinski definition) is 1. The molecule has 1 fully saturated rings. The summed E-state index contributed by atoms with van der Waals surface area (Å²) >= 11 is 3.43. The topological polar surface area (TPSA) is 30.5 Å². The minimum atomic E-state index is -0.230. The standard InChI is InChI=1S/C11H14BrNO2/c1-13-10-6-14-11(15-7-10)8-3-2-4-9(12)5-8/h2-5,10-11,13H,6-7H2,1H3. The van der Waals surface area contributed by atoms with Crippen LogP contribution in [0.5, 0.6) is 0 Å². The molecule has 0 saturated carbocycles. The van der Waals surface area contributed by atoms with Gasteiger partial charge in [-0.1, -0.05) is 28.1 Å². The molecule has 0 unspecified atom stereocenters. The third-order valence-electron chi connectivity index (χ3n) is 2.43. The molecule has 15 heavy (non-hydrogen) atoms. The normalized spacial score (nSPS) is 26.5. The van der Waals surface area contributed by atoms with Gasteiger partial charge in [0.25, 0.3) is 0 Å². The van der Waals surface area contributed by atoms with Crippen molar-refractivity contribution in [3.05, 3.63) is 34.3 Å². The zero-order valence-corrected chi connectivity index (χ0v) is 10.2. The maximum absolute atomic E-state index is 5.62. The van der Waals surface area contributed by atoms with Crippen LogP contribution in [0.3, 0.4) is 0 Å². The van der Waals surface area contributed by atoms with Crippen molar-refractivity contribution >= 4 is 15.9 Å². The summed E-state index contributed by atoms with van der Waals surface area (Å²) in [6.45, 7) is 1.38. The van der Waals surface area contributed by atoms with Crippen molar-refractivity contribution in [2.24, 2.45) is 0 Å². The lowest BCUT2D eigenvalue weighted by Crippen LogP contribution is -2.40. The van der Waals surface area contributed by atoms with E-state index in [1.807, 2.05) is 31.3 Å². The Bertz CT molecular complexity index is 324. The van der Waals surface area contributed by atoms with E-state index in [0.717, 1.165) is 10.0 Å². The van der Waals surface area contributed by atoms with Crippen molar-refractivity contribution in [1.82, 2.24) is 5.32 Å². The van der Waals surface area contributed by atoms with E-state index >= 15 is 0 Å². The van der Waals surface area contributed by atoms with Crippen LogP contribution in [0.25, 0.3) is 0 Å². The predicted molar refractivity (Wildman–Crippen MR) is 61.6 cm³/mol. The first-order valence-corrected chi connectivity index (χ1v) is 5.75. The molecule has 1 N–H and O–H groups in total. The van der Waals surface area contributed by atoms with E-state index in [9.17, 15) is 0 Å². The smallest absolute Gasteiger partial charge is 0.183 e. The van der Waals surface area contributed by atoms with E-state index in [0.29, 0.717) is 19.3 Å². The van der Waals surface area contributed by atoms with Crippen molar-refractivity contribution in [1.29, 1.82) is 0 Å². The number of hydrogen-bond acceptors (Lipinski definition) is 3. The first-order chi connectivity index (χ1) is 7.29. The van der Waals surface area contributed by atoms with E-state index in [2.05, 4.69) is 21.2 Å². The molecule has 0 atom stereocenters. The number of benzene rings is 1. The highest BCUT2D eigenvalue weighted by atomic mass is 79.9. The van der Waals surface area contributed by atoms with Crippen LogP contribution in [0.4, 0.5) is 0 Å². The number of halogens is 1. The highest BCUT2D eigenvalue weighted by Gasteiger charge is 2.22. The summed E-state index contributed by atoms with van der Waals surface area (Å²) in [7, 11) is 1.91. The summed E-state index contributed by atoms with van der Waals surface area (Å²) in [4.78, 5) is 0. The Morgan fingerprint density at radius 3 is 2.67 bits per heavy atom. The lowest BCUT2D eigenvalue weighted by atomic mass is 10.2. The Morgan fingerprint density at radius 2 is 2.07 bits per heavy atom. The second kappa shape index (κ2) is 5.07. The molecule has 4 heteroatoms. The van der Waals surface area contributed by atoms with Crippen LogP contribution in [-0.2, 0) is 9.47 Å². The van der Waals surface area contributed by atoms with E-state index in [4.69, 9.17) is 9.47 Å². The molecule has 0 radical (unpaired) electrons. The second-order valence-corrected chi connectivity index (χ2v) is 4.45. The molecule has 0 aromatic heterocycles. The molecule has 1 saturated heterocycles. The molecule has 3 nitrogen and oxygen atoms in total. The van der Waals surface area contributed by atoms with Crippen molar-refractivity contribution in [2.45, 2.75) is 12.3 Å². The summed E-state index contributed by atoms with van der Waals surface area (Å²) in [6.07, 6.45) is -0.230. The van der Waals surface area contributed by atoms with Gasteiger partial charge in [-0.2, -0.15) is 0 Å². The largest absolute Gasteiger partial charge is 0.347 e. The number of rotatable bonds is 2. The minimum Gasteiger partial charge on any atom is -0.347 e. The third kappa shape index (κ3) is 2.78. The summed E-state index contributed by atoms with van der Waals surface area (Å²) in [5.74, 6) is 0. The number of likely N-dealkylation sites (N-methyl/N-ethyl adjacent to an activating group) is 1. The van der Waals surface area contributed by atoms with Crippen LogP contribution in [0.1, 0.15) is 11.9 Å². The lowest BCUT2D eigenvalue weighted by molar-refractivity contribution is -0.193. The van der Waals surface area contributed by atoms with Crippen LogP contribution < -0.4 is 5.32 Å². The number of nitrogens with one attached hydrogen (secondary N) is 1. The molecule has 1 aliphatic rings. The quantitative estimate of drug-likeness (QED) is 0.894. The Balaban J connectivity index is 2.01. The summed E-state index contributed by atoms with van der Waals surface area (Å²) in [6, 6.07) is 8.30. The fourth-order valence-corrected chi connectivity index (χ4v) is 1.93. The molecule has 1 aromatic carbocycles. The molecular weight excluding hydrogens is 258 g/mol. The average molecular weight is 272 g/mol. The van der Waals surface area contributed by atoms with Crippen molar-refractivity contribution in [2.75, 3.05) is 20.3 Å². The van der Waals surface area contributed by atoms with Gasteiger partial charge in [0.1, 0.15) is 0 Å². The van der Waals surface area contributed by atoms with Crippen molar-refractivity contribution in [3.63, 3.8) is 0 Å². The molecule has 0 amide bonds. The van der Waals surface area contributed by atoms with Gasteiger partial charge in [0.2, 0.25) is 0 Å². The van der Waals surface area contributed by atoms with E-state index in [1.165, 1.54) is 0 Å². The van der Waals surface area contributed by atoms with E-state index in [1.54, 1.807) is 0 Å². The molecule has 82 valence electrons. The van der Waals surface area contributed by atoms with E-state index in [-0.39, 0.29) is 6.29 Å². The molecule has 1 aromatic rings. The van der Waals surface area contributed by atoms with Crippen molar-refractivity contribution in [3.8, 4) is 0 Å². The Kier molecular flexibility index (Phi) is 3.75. The summed E-state index contributed by atoms with van der Waals surface area (Å²) in [5, 5.41) is 3.13. The zero-order chi connectivity index (χ0) is 10.7. The van der Waals surface area contributed by atoms with Crippen LogP contribution in [-0.4, -0.2) is 26.3 Å². The van der Waals surface area contributed by atoms with Gasteiger partial charge in [0, 0.05) is 10.0 Å². The Labute approximate surface area is 97.9 Å². The molecule has 1 heterocycles. The van der Waals surface area contributed by atoms with Crippen LogP contribution in [0, 0.1) is 0 Å². The Hall–Kier alpha value is -0.420. The zero-order valence-electron chi connectivity index (χ0n) is 8.57. The number of ether oxygens (including phenoxy) is 2. The van der Waals surface area contributed by atoms with Gasteiger partial charge in [-0.05, 0) is 19.2 Å². The van der Waals surface area contributed by atoms with Gasteiger partial charge < -0.3 is 14.8 Å². The van der Waals surface area contributed by atoms with Crippen LogP contribution in [0.2, 0.25) is 0 Å². The maximum Gasteiger partial charge on any atom is 0.183 e. The van der Waals surface area contributed by atoms with Crippen LogP contribution in [0.15, 0.2) is 28.7 Å². The van der Waals surface area contributed by atoms with Gasteiger partial charge in [0.05, 0.1) is 19.3 Å². The SMILES string of the molecule is CNC1COC(c2cccc(Br)c2)OC1.